The maximum Gasteiger partial charge on any atom is 0.317 e. The molecular formula is C22H22ClFN6O2. The third-order valence-electron chi connectivity index (χ3n) is 5.21. The Balaban J connectivity index is 1.32. The van der Waals surface area contributed by atoms with Crippen LogP contribution >= 0.6 is 11.6 Å². The van der Waals surface area contributed by atoms with E-state index in [4.69, 9.17) is 17.3 Å². The summed E-state index contributed by atoms with van der Waals surface area (Å²) in [6.07, 6.45) is 0. The molecule has 3 amide bonds. The summed E-state index contributed by atoms with van der Waals surface area (Å²) >= 11 is 6.08. The van der Waals surface area contributed by atoms with Gasteiger partial charge >= 0.3 is 6.03 Å². The van der Waals surface area contributed by atoms with Crippen molar-refractivity contribution in [2.24, 2.45) is 0 Å². The van der Waals surface area contributed by atoms with Gasteiger partial charge in [-0.25, -0.2) is 14.2 Å². The van der Waals surface area contributed by atoms with Gasteiger partial charge in [-0.2, -0.15) is 0 Å². The summed E-state index contributed by atoms with van der Waals surface area (Å²) in [5, 5.41) is 6.76. The summed E-state index contributed by atoms with van der Waals surface area (Å²) in [5.41, 5.74) is 8.11. The van der Waals surface area contributed by atoms with Crippen LogP contribution in [0.1, 0.15) is 0 Å². The molecule has 0 spiro atoms. The maximum atomic E-state index is 12.9. The number of hydrogen-bond acceptors (Lipinski definition) is 5. The quantitative estimate of drug-likeness (QED) is 0.559. The Morgan fingerprint density at radius 1 is 1.06 bits per heavy atom. The van der Waals surface area contributed by atoms with Crippen molar-refractivity contribution in [3.05, 3.63) is 59.4 Å². The average molecular weight is 457 g/mol. The van der Waals surface area contributed by atoms with E-state index in [-0.39, 0.29) is 24.3 Å². The van der Waals surface area contributed by atoms with Crippen LogP contribution in [-0.2, 0) is 4.79 Å². The highest BCUT2D eigenvalue weighted by Gasteiger charge is 2.23. The zero-order valence-corrected chi connectivity index (χ0v) is 17.9. The highest BCUT2D eigenvalue weighted by atomic mass is 35.5. The van der Waals surface area contributed by atoms with Crippen LogP contribution in [0.4, 0.5) is 26.4 Å². The number of aromatic nitrogens is 1. The molecule has 4 rings (SSSR count). The topological polar surface area (TPSA) is 104 Å². The van der Waals surface area contributed by atoms with E-state index in [0.717, 1.165) is 16.6 Å². The van der Waals surface area contributed by atoms with Crippen LogP contribution in [0.15, 0.2) is 48.5 Å². The summed E-state index contributed by atoms with van der Waals surface area (Å²) < 4.78 is 12.9. The van der Waals surface area contributed by atoms with Crippen LogP contribution in [0, 0.1) is 5.82 Å². The monoisotopic (exact) mass is 456 g/mol. The molecular weight excluding hydrogens is 435 g/mol. The van der Waals surface area contributed by atoms with Gasteiger partial charge in [0, 0.05) is 54.0 Å². The number of urea groups is 1. The van der Waals surface area contributed by atoms with Crippen molar-refractivity contribution in [1.29, 1.82) is 0 Å². The van der Waals surface area contributed by atoms with Gasteiger partial charge in [-0.1, -0.05) is 11.6 Å². The number of nitrogens with two attached hydrogens (primary N) is 1. The molecule has 32 heavy (non-hydrogen) atoms. The molecule has 2 heterocycles. The molecule has 0 unspecified atom stereocenters. The van der Waals surface area contributed by atoms with Crippen molar-refractivity contribution < 1.29 is 14.0 Å². The second-order valence-electron chi connectivity index (χ2n) is 7.42. The fourth-order valence-corrected chi connectivity index (χ4v) is 3.79. The van der Waals surface area contributed by atoms with Gasteiger partial charge in [-0.15, -0.1) is 0 Å². The molecule has 1 fully saturated rings. The zero-order chi connectivity index (χ0) is 22.7. The number of anilines is 3. The number of amides is 3. The van der Waals surface area contributed by atoms with Crippen LogP contribution in [0.2, 0.25) is 5.02 Å². The Kier molecular flexibility index (Phi) is 6.27. The minimum Gasteiger partial charge on any atom is -0.384 e. The first-order chi connectivity index (χ1) is 15.4. The van der Waals surface area contributed by atoms with E-state index in [0.29, 0.717) is 42.7 Å². The van der Waals surface area contributed by atoms with Gasteiger partial charge < -0.3 is 26.2 Å². The van der Waals surface area contributed by atoms with Gasteiger partial charge in [0.25, 0.3) is 0 Å². The highest BCUT2D eigenvalue weighted by molar-refractivity contribution is 6.31. The minimum atomic E-state index is -0.388. The normalized spacial score (nSPS) is 13.8. The van der Waals surface area contributed by atoms with Crippen molar-refractivity contribution in [3.8, 4) is 0 Å². The lowest BCUT2D eigenvalue weighted by Crippen LogP contribution is -2.52. The largest absolute Gasteiger partial charge is 0.384 e. The number of nitrogens with zero attached hydrogens (tertiary/aromatic N) is 3. The maximum absolute atomic E-state index is 12.9. The predicted octanol–water partition coefficient (Wildman–Crippen LogP) is 3.08. The summed E-state index contributed by atoms with van der Waals surface area (Å²) in [4.78, 5) is 32.7. The van der Waals surface area contributed by atoms with E-state index in [1.807, 2.05) is 18.2 Å². The van der Waals surface area contributed by atoms with E-state index < -0.39 is 0 Å². The number of pyridine rings is 1. The Bertz CT molecular complexity index is 1140. The van der Waals surface area contributed by atoms with Crippen molar-refractivity contribution in [1.82, 2.24) is 15.2 Å². The second-order valence-corrected chi connectivity index (χ2v) is 7.85. The number of rotatable bonds is 4. The second kappa shape index (κ2) is 9.27. The number of nitrogens with one attached hydrogen (secondary N) is 2. The molecule has 166 valence electrons. The average Bonchev–Trinajstić information content (AvgIpc) is 2.78. The molecule has 0 atom stereocenters. The molecule has 2 aromatic carbocycles. The van der Waals surface area contributed by atoms with Gasteiger partial charge in [0.15, 0.2) is 0 Å². The van der Waals surface area contributed by atoms with Crippen LogP contribution in [0.3, 0.4) is 0 Å². The third kappa shape index (κ3) is 5.00. The first kappa shape index (κ1) is 21.6. The van der Waals surface area contributed by atoms with E-state index >= 15 is 0 Å². The van der Waals surface area contributed by atoms with Crippen LogP contribution < -0.4 is 21.3 Å². The molecule has 0 aliphatic carbocycles. The number of nitrogen functional groups attached to an aromatic ring is 1. The van der Waals surface area contributed by atoms with E-state index in [2.05, 4.69) is 20.5 Å². The zero-order valence-electron chi connectivity index (χ0n) is 17.1. The molecule has 1 saturated heterocycles. The highest BCUT2D eigenvalue weighted by Crippen LogP contribution is 2.30. The minimum absolute atomic E-state index is 0.178. The molecule has 10 heteroatoms. The van der Waals surface area contributed by atoms with Crippen molar-refractivity contribution in [2.45, 2.75) is 0 Å². The third-order valence-corrected chi connectivity index (χ3v) is 5.44. The fraction of sp³-hybridized carbons (Fsp3) is 0.227. The van der Waals surface area contributed by atoms with Gasteiger partial charge in [-0.05, 0) is 42.5 Å². The van der Waals surface area contributed by atoms with Gasteiger partial charge in [0.1, 0.15) is 11.6 Å². The summed E-state index contributed by atoms with van der Waals surface area (Å²) in [5.74, 6) is -0.371. The number of carbonyl (C=O) groups is 2. The molecule has 4 N–H and O–H groups in total. The molecule has 1 aliphatic rings. The van der Waals surface area contributed by atoms with Crippen molar-refractivity contribution >= 4 is 51.6 Å². The Morgan fingerprint density at radius 3 is 2.50 bits per heavy atom. The Labute approximate surface area is 189 Å². The lowest BCUT2D eigenvalue weighted by atomic mass is 10.1. The molecule has 0 saturated carbocycles. The fourth-order valence-electron chi connectivity index (χ4n) is 3.62. The van der Waals surface area contributed by atoms with Gasteiger partial charge in [-0.3, -0.25) is 4.79 Å². The molecule has 0 radical (unpaired) electrons. The summed E-state index contributed by atoms with van der Waals surface area (Å²) in [6.45, 7) is 2.01. The van der Waals surface area contributed by atoms with E-state index in [1.54, 1.807) is 11.0 Å². The standard InChI is InChI=1S/C22H22ClFN6O2/c23-14-1-6-17-18(11-14)28-20(25)12-19(17)29-7-9-30(10-8-29)22(32)26-13-21(31)27-16-4-2-15(24)3-5-16/h1-6,11-12H,7-10,13H2,(H2,25,28)(H,26,32)(H,27,31). The molecule has 3 aromatic rings. The first-order valence-electron chi connectivity index (χ1n) is 10.1. The van der Waals surface area contributed by atoms with Crippen molar-refractivity contribution in [3.63, 3.8) is 0 Å². The van der Waals surface area contributed by atoms with Gasteiger partial charge in [0.2, 0.25) is 5.91 Å². The Hall–Kier alpha value is -3.59. The number of halogens is 2. The molecule has 0 bridgehead atoms. The lowest BCUT2D eigenvalue weighted by Gasteiger charge is -2.36. The first-order valence-corrected chi connectivity index (χ1v) is 10.5. The smallest absolute Gasteiger partial charge is 0.317 e. The number of fused-ring (bicyclic) bond motifs is 1. The van der Waals surface area contributed by atoms with Crippen LogP contribution in [-0.4, -0.2) is 54.5 Å². The Morgan fingerprint density at radius 2 is 1.78 bits per heavy atom. The lowest BCUT2D eigenvalue weighted by molar-refractivity contribution is -0.115. The SMILES string of the molecule is Nc1cc(N2CCN(C(=O)NCC(=O)Nc3ccc(F)cc3)CC2)c2ccc(Cl)cc2n1. The molecule has 1 aliphatic heterocycles. The van der Waals surface area contributed by atoms with E-state index in [9.17, 15) is 14.0 Å². The molecule has 1 aromatic heterocycles. The number of piperazine rings is 1. The van der Waals surface area contributed by atoms with Crippen molar-refractivity contribution in [2.75, 3.05) is 48.7 Å². The summed E-state index contributed by atoms with van der Waals surface area (Å²) in [6, 6.07) is 12.4. The number of hydrogen-bond donors (Lipinski definition) is 3. The van der Waals surface area contributed by atoms with Gasteiger partial charge in [0.05, 0.1) is 12.1 Å². The van der Waals surface area contributed by atoms with Crippen LogP contribution in [0.5, 0.6) is 0 Å². The molecule has 8 nitrogen and oxygen atoms in total. The van der Waals surface area contributed by atoms with Crippen LogP contribution in [0.25, 0.3) is 10.9 Å². The number of carbonyl (C=O) groups excluding carboxylic acids is 2. The van der Waals surface area contributed by atoms with E-state index in [1.165, 1.54) is 24.3 Å². The number of benzene rings is 2. The predicted molar refractivity (Wildman–Crippen MR) is 123 cm³/mol. The summed E-state index contributed by atoms with van der Waals surface area (Å²) in [7, 11) is 0.